The topological polar surface area (TPSA) is 91.8 Å². The van der Waals surface area contributed by atoms with Gasteiger partial charge in [0.25, 0.3) is 5.56 Å². The molecule has 7 nitrogen and oxygen atoms in total. The number of hydrogen-bond donors (Lipinski definition) is 1. The van der Waals surface area contributed by atoms with Gasteiger partial charge in [-0.1, -0.05) is 20.8 Å². The highest BCUT2D eigenvalue weighted by molar-refractivity contribution is 5.67. The minimum absolute atomic E-state index is 0.0161. The van der Waals surface area contributed by atoms with Crippen LogP contribution in [0.2, 0.25) is 0 Å². The molecule has 23 heavy (non-hydrogen) atoms. The third kappa shape index (κ3) is 2.42. The van der Waals surface area contributed by atoms with E-state index in [1.807, 2.05) is 24.7 Å². The molecular weight excluding hydrogens is 292 g/mol. The van der Waals surface area contributed by atoms with Crippen molar-refractivity contribution >= 4 is 5.65 Å². The SMILES string of the molecule is CCCn1cc(-c2[nH]c3c(C#N)cnn3c(=O)c2C(C)C)cn1. The summed E-state index contributed by atoms with van der Waals surface area (Å²) in [5, 5.41) is 17.5. The quantitative estimate of drug-likeness (QED) is 0.800. The molecule has 0 unspecified atom stereocenters. The number of nitriles is 1. The molecule has 3 rings (SSSR count). The van der Waals surface area contributed by atoms with Crippen LogP contribution < -0.4 is 5.56 Å². The van der Waals surface area contributed by atoms with Gasteiger partial charge in [0.05, 0.1) is 18.1 Å². The van der Waals surface area contributed by atoms with E-state index >= 15 is 0 Å². The first kappa shape index (κ1) is 15.0. The summed E-state index contributed by atoms with van der Waals surface area (Å²) in [5.74, 6) is 0.0161. The molecule has 3 aromatic heterocycles. The first-order valence-corrected chi connectivity index (χ1v) is 7.63. The molecule has 0 fully saturated rings. The number of H-pyrrole nitrogens is 1. The lowest BCUT2D eigenvalue weighted by atomic mass is 10.00. The number of hydrogen-bond acceptors (Lipinski definition) is 4. The lowest BCUT2D eigenvalue weighted by molar-refractivity contribution is 0.603. The van der Waals surface area contributed by atoms with Crippen molar-refractivity contribution in [3.63, 3.8) is 0 Å². The molecule has 1 N–H and O–H groups in total. The molecule has 0 radical (unpaired) electrons. The van der Waals surface area contributed by atoms with Gasteiger partial charge in [-0.25, -0.2) is 0 Å². The lowest BCUT2D eigenvalue weighted by Crippen LogP contribution is -2.22. The maximum atomic E-state index is 12.8. The summed E-state index contributed by atoms with van der Waals surface area (Å²) in [7, 11) is 0. The van der Waals surface area contributed by atoms with Crippen LogP contribution in [-0.4, -0.2) is 24.4 Å². The molecule has 0 aliphatic heterocycles. The largest absolute Gasteiger partial charge is 0.338 e. The average molecular weight is 310 g/mol. The van der Waals surface area contributed by atoms with E-state index in [1.165, 1.54) is 10.7 Å². The first-order chi connectivity index (χ1) is 11.1. The van der Waals surface area contributed by atoms with Crippen LogP contribution in [0, 0.1) is 11.3 Å². The van der Waals surface area contributed by atoms with Crippen molar-refractivity contribution < 1.29 is 0 Å². The van der Waals surface area contributed by atoms with Crippen molar-refractivity contribution in [3.8, 4) is 17.3 Å². The third-order valence-electron chi connectivity index (χ3n) is 3.78. The summed E-state index contributed by atoms with van der Waals surface area (Å²) in [4.78, 5) is 16.0. The van der Waals surface area contributed by atoms with Crippen molar-refractivity contribution in [2.45, 2.75) is 39.7 Å². The van der Waals surface area contributed by atoms with Crippen LogP contribution in [0.5, 0.6) is 0 Å². The molecule has 3 aromatic rings. The Kier molecular flexibility index (Phi) is 3.74. The zero-order valence-corrected chi connectivity index (χ0v) is 13.4. The highest BCUT2D eigenvalue weighted by Gasteiger charge is 2.19. The minimum Gasteiger partial charge on any atom is -0.338 e. The van der Waals surface area contributed by atoms with Gasteiger partial charge in [0, 0.05) is 23.9 Å². The van der Waals surface area contributed by atoms with E-state index in [-0.39, 0.29) is 11.5 Å². The number of fused-ring (bicyclic) bond motifs is 1. The predicted octanol–water partition coefficient (Wildman–Crippen LogP) is 2.29. The Hall–Kier alpha value is -2.88. The molecule has 0 aliphatic carbocycles. The van der Waals surface area contributed by atoms with E-state index in [0.29, 0.717) is 22.5 Å². The highest BCUT2D eigenvalue weighted by Crippen LogP contribution is 2.25. The summed E-state index contributed by atoms with van der Waals surface area (Å²) in [6, 6.07) is 2.06. The van der Waals surface area contributed by atoms with Crippen LogP contribution in [0.25, 0.3) is 16.9 Å². The second-order valence-corrected chi connectivity index (χ2v) is 5.80. The monoisotopic (exact) mass is 310 g/mol. The number of aromatic nitrogens is 5. The van der Waals surface area contributed by atoms with Crippen molar-refractivity contribution in [1.82, 2.24) is 24.4 Å². The lowest BCUT2D eigenvalue weighted by Gasteiger charge is -2.11. The van der Waals surface area contributed by atoms with Gasteiger partial charge in [0.15, 0.2) is 5.65 Å². The van der Waals surface area contributed by atoms with E-state index in [0.717, 1.165) is 18.5 Å². The second kappa shape index (κ2) is 5.72. The van der Waals surface area contributed by atoms with Gasteiger partial charge >= 0.3 is 0 Å². The number of rotatable bonds is 4. The Balaban J connectivity index is 2.30. The Morgan fingerprint density at radius 1 is 1.35 bits per heavy atom. The number of nitrogens with zero attached hydrogens (tertiary/aromatic N) is 5. The second-order valence-electron chi connectivity index (χ2n) is 5.80. The zero-order valence-electron chi connectivity index (χ0n) is 13.4. The van der Waals surface area contributed by atoms with Gasteiger partial charge in [-0.3, -0.25) is 9.48 Å². The molecule has 0 saturated heterocycles. The molecule has 0 spiro atoms. The van der Waals surface area contributed by atoms with Gasteiger partial charge < -0.3 is 4.98 Å². The average Bonchev–Trinajstić information content (AvgIpc) is 3.13. The fourth-order valence-electron chi connectivity index (χ4n) is 2.72. The van der Waals surface area contributed by atoms with Crippen LogP contribution in [0.15, 0.2) is 23.4 Å². The van der Waals surface area contributed by atoms with E-state index in [4.69, 9.17) is 0 Å². The number of nitrogens with one attached hydrogen (secondary N) is 1. The van der Waals surface area contributed by atoms with Gasteiger partial charge in [-0.05, 0) is 12.3 Å². The van der Waals surface area contributed by atoms with Crippen molar-refractivity contribution in [2.75, 3.05) is 0 Å². The minimum atomic E-state index is -0.200. The van der Waals surface area contributed by atoms with E-state index in [9.17, 15) is 10.1 Å². The Bertz CT molecular complexity index is 953. The summed E-state index contributed by atoms with van der Waals surface area (Å²) in [6.07, 6.45) is 6.04. The van der Waals surface area contributed by atoms with Crippen LogP contribution in [-0.2, 0) is 6.54 Å². The summed E-state index contributed by atoms with van der Waals surface area (Å²) in [5.41, 5.74) is 2.75. The predicted molar refractivity (Wildman–Crippen MR) is 86.1 cm³/mol. The Morgan fingerprint density at radius 3 is 2.78 bits per heavy atom. The standard InChI is InChI=1S/C16H18N6O/c1-4-5-21-9-12(8-18-21)14-13(10(2)3)16(23)22-15(20-14)11(6-17)7-19-22/h7-10,20H,4-5H2,1-3H3. The molecule has 0 atom stereocenters. The normalized spacial score (nSPS) is 11.3. The Morgan fingerprint density at radius 2 is 2.13 bits per heavy atom. The molecule has 0 aliphatic rings. The summed E-state index contributed by atoms with van der Waals surface area (Å²) >= 11 is 0. The highest BCUT2D eigenvalue weighted by atomic mass is 16.1. The molecule has 0 saturated carbocycles. The van der Waals surface area contributed by atoms with Crippen molar-refractivity contribution in [3.05, 3.63) is 40.1 Å². The summed E-state index contributed by atoms with van der Waals surface area (Å²) in [6.45, 7) is 6.83. The molecule has 118 valence electrons. The maximum Gasteiger partial charge on any atom is 0.278 e. The van der Waals surface area contributed by atoms with Crippen LogP contribution in [0.4, 0.5) is 0 Å². The molecular formula is C16H18N6O. The maximum absolute atomic E-state index is 12.8. The number of aryl methyl sites for hydroxylation is 1. The first-order valence-electron chi connectivity index (χ1n) is 7.63. The van der Waals surface area contributed by atoms with Crippen LogP contribution in [0.3, 0.4) is 0 Å². The summed E-state index contributed by atoms with van der Waals surface area (Å²) < 4.78 is 3.11. The fourth-order valence-corrected chi connectivity index (χ4v) is 2.72. The van der Waals surface area contributed by atoms with E-state index < -0.39 is 0 Å². The smallest absolute Gasteiger partial charge is 0.278 e. The van der Waals surface area contributed by atoms with Crippen molar-refractivity contribution in [2.24, 2.45) is 0 Å². The molecule has 7 heteroatoms. The van der Waals surface area contributed by atoms with E-state index in [1.54, 1.807) is 6.20 Å². The molecule has 0 amide bonds. The molecule has 0 bridgehead atoms. The zero-order chi connectivity index (χ0) is 16.6. The van der Waals surface area contributed by atoms with Crippen LogP contribution in [0.1, 0.15) is 44.2 Å². The Labute approximate surface area is 133 Å². The van der Waals surface area contributed by atoms with Gasteiger partial charge in [-0.15, -0.1) is 0 Å². The third-order valence-corrected chi connectivity index (χ3v) is 3.78. The van der Waals surface area contributed by atoms with Gasteiger partial charge in [0.1, 0.15) is 11.6 Å². The molecule has 3 heterocycles. The molecule has 0 aromatic carbocycles. The van der Waals surface area contributed by atoms with Crippen molar-refractivity contribution in [1.29, 1.82) is 5.26 Å². The van der Waals surface area contributed by atoms with Gasteiger partial charge in [-0.2, -0.15) is 20.0 Å². The van der Waals surface area contributed by atoms with E-state index in [2.05, 4.69) is 28.2 Å². The number of aromatic amines is 1. The van der Waals surface area contributed by atoms with Crippen LogP contribution >= 0.6 is 0 Å². The fraction of sp³-hybridized carbons (Fsp3) is 0.375. The van der Waals surface area contributed by atoms with Gasteiger partial charge in [0.2, 0.25) is 0 Å².